The summed E-state index contributed by atoms with van der Waals surface area (Å²) < 4.78 is 0. The number of carbonyl (C=O) groups is 2. The molecule has 0 spiro atoms. The van der Waals surface area contributed by atoms with Crippen LogP contribution in [-0.2, 0) is 9.59 Å². The monoisotopic (exact) mass is 251 g/mol. The average Bonchev–Trinajstić information content (AvgIpc) is 3.17. The van der Waals surface area contributed by atoms with Crippen molar-refractivity contribution in [2.75, 3.05) is 6.54 Å². The van der Waals surface area contributed by atoms with Gasteiger partial charge in [-0.05, 0) is 38.0 Å². The van der Waals surface area contributed by atoms with Crippen LogP contribution >= 0.6 is 0 Å². The van der Waals surface area contributed by atoms with E-state index in [0.29, 0.717) is 18.4 Å². The normalized spacial score (nSPS) is 39.0. The van der Waals surface area contributed by atoms with Crippen molar-refractivity contribution in [1.82, 2.24) is 4.90 Å². The quantitative estimate of drug-likeness (QED) is 0.815. The Labute approximate surface area is 107 Å². The summed E-state index contributed by atoms with van der Waals surface area (Å²) >= 11 is 0. The molecular formula is C14H21NO3. The molecule has 18 heavy (non-hydrogen) atoms. The number of carboxylic acids is 1. The first-order valence-electron chi connectivity index (χ1n) is 7.22. The molecule has 3 aliphatic rings. The Kier molecular flexibility index (Phi) is 3.04. The maximum Gasteiger partial charge on any atom is 0.307 e. The lowest BCUT2D eigenvalue weighted by molar-refractivity contribution is -0.144. The summed E-state index contributed by atoms with van der Waals surface area (Å²) in [6.45, 7) is 0.850. The van der Waals surface area contributed by atoms with E-state index >= 15 is 0 Å². The molecule has 4 atom stereocenters. The van der Waals surface area contributed by atoms with Gasteiger partial charge in [0.25, 0.3) is 0 Å². The maximum absolute atomic E-state index is 12.4. The Morgan fingerprint density at radius 2 is 1.72 bits per heavy atom. The smallest absolute Gasteiger partial charge is 0.307 e. The summed E-state index contributed by atoms with van der Waals surface area (Å²) in [6.07, 6.45) is 7.80. The zero-order chi connectivity index (χ0) is 12.7. The van der Waals surface area contributed by atoms with Gasteiger partial charge in [0.2, 0.25) is 5.91 Å². The number of hydrogen-bond donors (Lipinski definition) is 1. The molecule has 2 unspecified atom stereocenters. The van der Waals surface area contributed by atoms with Crippen molar-refractivity contribution in [3.63, 3.8) is 0 Å². The zero-order valence-corrected chi connectivity index (χ0v) is 10.7. The molecule has 1 N–H and O–H groups in total. The molecule has 1 heterocycles. The fraction of sp³-hybridized carbons (Fsp3) is 0.857. The number of piperidine rings is 1. The number of carbonyl (C=O) groups excluding carboxylic acids is 1. The van der Waals surface area contributed by atoms with E-state index in [4.69, 9.17) is 5.11 Å². The molecule has 100 valence electrons. The van der Waals surface area contributed by atoms with Gasteiger partial charge in [0, 0.05) is 12.6 Å². The van der Waals surface area contributed by atoms with Crippen LogP contribution in [0.5, 0.6) is 0 Å². The van der Waals surface area contributed by atoms with Crippen LogP contribution in [-0.4, -0.2) is 34.5 Å². The molecular weight excluding hydrogens is 230 g/mol. The first kappa shape index (κ1) is 12.0. The van der Waals surface area contributed by atoms with E-state index in [1.807, 2.05) is 4.90 Å². The van der Waals surface area contributed by atoms with E-state index in [1.54, 1.807) is 0 Å². The molecule has 1 amide bonds. The minimum atomic E-state index is -0.800. The third-order valence-corrected chi connectivity index (χ3v) is 4.95. The van der Waals surface area contributed by atoms with Crippen LogP contribution in [0.2, 0.25) is 0 Å². The minimum absolute atomic E-state index is 0.124. The Hall–Kier alpha value is -1.06. The van der Waals surface area contributed by atoms with Gasteiger partial charge in [-0.15, -0.1) is 0 Å². The van der Waals surface area contributed by atoms with Crippen LogP contribution in [0.3, 0.4) is 0 Å². The van der Waals surface area contributed by atoms with E-state index in [0.717, 1.165) is 19.4 Å². The van der Waals surface area contributed by atoms with Crippen molar-refractivity contribution in [3.05, 3.63) is 0 Å². The highest BCUT2D eigenvalue weighted by Crippen LogP contribution is 2.43. The Bertz CT molecular complexity index is 366. The molecule has 4 nitrogen and oxygen atoms in total. The number of likely N-dealkylation sites (tertiary alicyclic amines) is 1. The highest BCUT2D eigenvalue weighted by Gasteiger charge is 2.51. The number of nitrogens with zero attached hydrogens (tertiary/aromatic N) is 1. The third-order valence-electron chi connectivity index (χ3n) is 4.95. The molecule has 1 saturated heterocycles. The van der Waals surface area contributed by atoms with Gasteiger partial charge in [-0.1, -0.05) is 12.8 Å². The van der Waals surface area contributed by atoms with Gasteiger partial charge in [-0.25, -0.2) is 0 Å². The number of rotatable bonds is 2. The summed E-state index contributed by atoms with van der Waals surface area (Å²) in [5.41, 5.74) is 0. The van der Waals surface area contributed by atoms with E-state index in [1.165, 1.54) is 25.7 Å². The van der Waals surface area contributed by atoms with Gasteiger partial charge in [0.05, 0.1) is 11.8 Å². The first-order chi connectivity index (χ1) is 8.68. The average molecular weight is 251 g/mol. The molecule has 0 aromatic heterocycles. The predicted molar refractivity (Wildman–Crippen MR) is 65.9 cm³/mol. The fourth-order valence-electron chi connectivity index (χ4n) is 3.85. The van der Waals surface area contributed by atoms with Crippen molar-refractivity contribution in [3.8, 4) is 0 Å². The molecule has 2 aliphatic carbocycles. The largest absolute Gasteiger partial charge is 0.481 e. The molecule has 4 heteroatoms. The van der Waals surface area contributed by atoms with Crippen molar-refractivity contribution in [2.45, 2.75) is 51.0 Å². The molecule has 1 aliphatic heterocycles. The van der Waals surface area contributed by atoms with Crippen LogP contribution in [0.4, 0.5) is 0 Å². The second-order valence-corrected chi connectivity index (χ2v) is 6.07. The zero-order valence-electron chi connectivity index (χ0n) is 10.7. The molecule has 0 aromatic carbocycles. The van der Waals surface area contributed by atoms with E-state index < -0.39 is 11.9 Å². The SMILES string of the molecule is O=C(O)[C@H]1C[C@H]1C(=O)N1CCCC2CCCCC21. The molecule has 0 radical (unpaired) electrons. The number of amides is 1. The standard InChI is InChI=1S/C14H21NO3/c16-13(10-8-11(10)14(17)18)15-7-3-5-9-4-1-2-6-12(9)15/h9-12H,1-8H2,(H,17,18)/t9?,10-,11+,12?/m1/s1. The summed E-state index contributed by atoms with van der Waals surface area (Å²) in [5, 5.41) is 8.93. The maximum atomic E-state index is 12.4. The van der Waals surface area contributed by atoms with Crippen LogP contribution < -0.4 is 0 Å². The molecule has 3 rings (SSSR count). The fourth-order valence-corrected chi connectivity index (χ4v) is 3.85. The number of carboxylic acid groups (broad SMARTS) is 1. The third kappa shape index (κ3) is 2.02. The highest BCUT2D eigenvalue weighted by atomic mass is 16.4. The van der Waals surface area contributed by atoms with Gasteiger partial charge in [0.15, 0.2) is 0 Å². The number of fused-ring (bicyclic) bond motifs is 1. The Morgan fingerprint density at radius 1 is 1.00 bits per heavy atom. The van der Waals surface area contributed by atoms with Crippen LogP contribution in [0, 0.1) is 17.8 Å². The summed E-state index contributed by atoms with van der Waals surface area (Å²) in [4.78, 5) is 25.3. The van der Waals surface area contributed by atoms with Crippen molar-refractivity contribution in [1.29, 1.82) is 0 Å². The van der Waals surface area contributed by atoms with Crippen LogP contribution in [0.15, 0.2) is 0 Å². The first-order valence-corrected chi connectivity index (χ1v) is 7.22. The van der Waals surface area contributed by atoms with Crippen LogP contribution in [0.25, 0.3) is 0 Å². The lowest BCUT2D eigenvalue weighted by Gasteiger charge is -2.44. The highest BCUT2D eigenvalue weighted by molar-refractivity contribution is 5.89. The molecule has 3 fully saturated rings. The topological polar surface area (TPSA) is 57.6 Å². The minimum Gasteiger partial charge on any atom is -0.481 e. The lowest BCUT2D eigenvalue weighted by Crippen LogP contribution is -2.50. The molecule has 0 aromatic rings. The summed E-state index contributed by atoms with van der Waals surface area (Å²) in [5.74, 6) is -0.618. The van der Waals surface area contributed by atoms with Crippen molar-refractivity contribution >= 4 is 11.9 Å². The summed E-state index contributed by atoms with van der Waals surface area (Å²) in [6, 6.07) is 0.412. The number of aliphatic carboxylic acids is 1. The van der Waals surface area contributed by atoms with Gasteiger partial charge in [0.1, 0.15) is 0 Å². The Balaban J connectivity index is 1.67. The lowest BCUT2D eigenvalue weighted by atomic mass is 9.78. The Morgan fingerprint density at radius 3 is 2.44 bits per heavy atom. The van der Waals surface area contributed by atoms with E-state index in [-0.39, 0.29) is 11.8 Å². The van der Waals surface area contributed by atoms with Gasteiger partial charge in [-0.3, -0.25) is 9.59 Å². The van der Waals surface area contributed by atoms with Crippen molar-refractivity contribution in [2.24, 2.45) is 17.8 Å². The van der Waals surface area contributed by atoms with Gasteiger partial charge >= 0.3 is 5.97 Å². The second-order valence-electron chi connectivity index (χ2n) is 6.07. The van der Waals surface area contributed by atoms with Gasteiger partial charge < -0.3 is 10.0 Å². The van der Waals surface area contributed by atoms with E-state index in [2.05, 4.69) is 0 Å². The summed E-state index contributed by atoms with van der Waals surface area (Å²) in [7, 11) is 0. The van der Waals surface area contributed by atoms with E-state index in [9.17, 15) is 9.59 Å². The molecule has 0 bridgehead atoms. The van der Waals surface area contributed by atoms with Crippen molar-refractivity contribution < 1.29 is 14.7 Å². The predicted octanol–water partition coefficient (Wildman–Crippen LogP) is 1.89. The second kappa shape index (κ2) is 4.56. The van der Waals surface area contributed by atoms with Gasteiger partial charge in [-0.2, -0.15) is 0 Å². The number of hydrogen-bond acceptors (Lipinski definition) is 2. The van der Waals surface area contributed by atoms with Crippen LogP contribution in [0.1, 0.15) is 44.9 Å². The molecule has 2 saturated carbocycles.